The van der Waals surface area contributed by atoms with Crippen LogP contribution in [0.1, 0.15) is 75.1 Å². The number of allylic oxidation sites excluding steroid dienone is 6. The highest BCUT2D eigenvalue weighted by Crippen LogP contribution is 2.31. The molecule has 1 aliphatic carbocycles. The number of carbonyl (C=O) groups excluding carboxylic acids is 1. The van der Waals surface area contributed by atoms with Crippen molar-refractivity contribution < 1.29 is 15.0 Å². The van der Waals surface area contributed by atoms with Crippen molar-refractivity contribution in [2.45, 2.75) is 65.1 Å². The van der Waals surface area contributed by atoms with Crippen molar-refractivity contribution in [2.75, 3.05) is 19.6 Å². The molecule has 1 aromatic heterocycles. The fourth-order valence-corrected chi connectivity index (χ4v) is 4.57. The number of rotatable bonds is 8. The van der Waals surface area contributed by atoms with Gasteiger partial charge in [-0.2, -0.15) is 5.26 Å². The summed E-state index contributed by atoms with van der Waals surface area (Å²) < 4.78 is 0. The molecule has 2 heterocycles. The van der Waals surface area contributed by atoms with E-state index in [2.05, 4.69) is 39.3 Å². The summed E-state index contributed by atoms with van der Waals surface area (Å²) in [6.45, 7) is 6.68. The van der Waals surface area contributed by atoms with Crippen LogP contribution in [0.5, 0.6) is 0 Å². The molecule has 1 fully saturated rings. The third kappa shape index (κ3) is 7.13. The molecule has 0 spiro atoms. The smallest absolute Gasteiger partial charge is 0.291 e. The normalized spacial score (nSPS) is 19.2. The first kappa shape index (κ1) is 24.9. The number of H-pyrrole nitrogens is 1. The molecule has 0 aromatic carbocycles. The highest BCUT2D eigenvalue weighted by atomic mass is 16.5. The van der Waals surface area contributed by atoms with Crippen LogP contribution in [0, 0.1) is 17.2 Å². The maximum Gasteiger partial charge on any atom is 0.291 e. The molecule has 8 heteroatoms. The third-order valence-corrected chi connectivity index (χ3v) is 6.56. The van der Waals surface area contributed by atoms with E-state index in [0.29, 0.717) is 18.9 Å². The van der Waals surface area contributed by atoms with Gasteiger partial charge in [0.1, 0.15) is 11.8 Å². The van der Waals surface area contributed by atoms with Crippen LogP contribution in [0.4, 0.5) is 0 Å². The number of amides is 1. The molecule has 0 unspecified atom stereocenters. The topological polar surface area (TPSA) is 125 Å². The van der Waals surface area contributed by atoms with Crippen LogP contribution in [0.3, 0.4) is 0 Å². The molecule has 2 aliphatic rings. The van der Waals surface area contributed by atoms with Gasteiger partial charge in [0.15, 0.2) is 12.1 Å². The minimum Gasteiger partial charge on any atom is -0.368 e. The van der Waals surface area contributed by atoms with Crippen molar-refractivity contribution >= 4 is 5.91 Å². The van der Waals surface area contributed by atoms with Crippen LogP contribution in [0.2, 0.25) is 0 Å². The zero-order valence-electron chi connectivity index (χ0n) is 19.6. The van der Waals surface area contributed by atoms with Gasteiger partial charge in [-0.1, -0.05) is 17.7 Å². The standard InChI is InChI=1S/C25H35N5O3/c1-17(19-8-11-30(12-9-19)13-10-23(31)32)14-22(20-6-4-3-5-7-20)18(2)28-25(33)24-27-16-21(15-26)29-24/h6,14,16,19,23,31-32H,3-5,7-13H2,1-2H3,(H,27,29)(H,28,33)/b17-14+,22-18-. The predicted octanol–water partition coefficient (Wildman–Crippen LogP) is 3.14. The minimum atomic E-state index is -1.24. The molecule has 33 heavy (non-hydrogen) atoms. The SMILES string of the molecule is C/C(NC(=O)c1ncc(C#N)[nH]1)=C(\C=C(/C)C1CCN(CCC(O)O)CC1)C1=CCCCC1. The van der Waals surface area contributed by atoms with Crippen molar-refractivity contribution in [2.24, 2.45) is 5.92 Å². The number of hydrogen-bond acceptors (Lipinski definition) is 6. The van der Waals surface area contributed by atoms with E-state index < -0.39 is 6.29 Å². The Morgan fingerprint density at radius 2 is 2.12 bits per heavy atom. The molecule has 8 nitrogen and oxygen atoms in total. The monoisotopic (exact) mass is 453 g/mol. The van der Waals surface area contributed by atoms with Gasteiger partial charge in [-0.05, 0) is 82.5 Å². The molecule has 0 bridgehead atoms. The lowest BCUT2D eigenvalue weighted by Gasteiger charge is -2.33. The van der Waals surface area contributed by atoms with Gasteiger partial charge in [0.2, 0.25) is 0 Å². The minimum absolute atomic E-state index is 0.129. The fraction of sp³-hybridized carbons (Fsp3) is 0.560. The molecule has 1 aromatic rings. The molecule has 3 rings (SSSR count). The number of hydrogen-bond donors (Lipinski definition) is 4. The fourth-order valence-electron chi connectivity index (χ4n) is 4.57. The van der Waals surface area contributed by atoms with Crippen molar-refractivity contribution in [3.05, 3.63) is 52.3 Å². The summed E-state index contributed by atoms with van der Waals surface area (Å²) in [5, 5.41) is 30.1. The molecule has 1 amide bonds. The van der Waals surface area contributed by atoms with E-state index >= 15 is 0 Å². The largest absolute Gasteiger partial charge is 0.368 e. The highest BCUT2D eigenvalue weighted by molar-refractivity contribution is 5.92. The van der Waals surface area contributed by atoms with Gasteiger partial charge < -0.3 is 25.4 Å². The first-order valence-corrected chi connectivity index (χ1v) is 11.8. The molecule has 0 saturated carbocycles. The van der Waals surface area contributed by atoms with Crippen LogP contribution in [-0.2, 0) is 0 Å². The lowest BCUT2D eigenvalue weighted by atomic mass is 9.86. The Labute approximate surface area is 195 Å². The Balaban J connectivity index is 1.75. The number of imidazole rings is 1. The number of nitrogens with one attached hydrogen (secondary N) is 2. The van der Waals surface area contributed by atoms with Crippen LogP contribution < -0.4 is 5.32 Å². The summed E-state index contributed by atoms with van der Waals surface area (Å²) in [5.74, 6) is 0.239. The van der Waals surface area contributed by atoms with E-state index in [4.69, 9.17) is 15.5 Å². The van der Waals surface area contributed by atoms with Crippen LogP contribution >= 0.6 is 0 Å². The Morgan fingerprint density at radius 3 is 2.73 bits per heavy atom. The van der Waals surface area contributed by atoms with Crippen molar-refractivity contribution in [3.63, 3.8) is 0 Å². The molecular weight excluding hydrogens is 418 g/mol. The second kappa shape index (κ2) is 11.9. The summed E-state index contributed by atoms with van der Waals surface area (Å²) in [7, 11) is 0. The number of aromatic nitrogens is 2. The molecule has 0 radical (unpaired) electrons. The number of nitriles is 1. The number of aliphatic hydroxyl groups excluding tert-OH is 1. The van der Waals surface area contributed by atoms with Gasteiger partial charge in [0, 0.05) is 18.7 Å². The molecule has 1 aliphatic heterocycles. The quantitative estimate of drug-likeness (QED) is 0.354. The number of piperidine rings is 1. The molecule has 178 valence electrons. The Kier molecular flexibility index (Phi) is 9.01. The number of carbonyl (C=O) groups is 1. The lowest BCUT2D eigenvalue weighted by Crippen LogP contribution is -2.36. The third-order valence-electron chi connectivity index (χ3n) is 6.56. The maximum absolute atomic E-state index is 12.7. The Bertz CT molecular complexity index is 959. The predicted molar refractivity (Wildman–Crippen MR) is 126 cm³/mol. The van der Waals surface area contributed by atoms with Crippen LogP contribution in [0.15, 0.2) is 40.8 Å². The summed E-state index contributed by atoms with van der Waals surface area (Å²) in [4.78, 5) is 21.7. The van der Waals surface area contributed by atoms with Gasteiger partial charge >= 0.3 is 0 Å². The average molecular weight is 454 g/mol. The maximum atomic E-state index is 12.7. The van der Waals surface area contributed by atoms with E-state index in [1.807, 2.05) is 13.0 Å². The number of aromatic amines is 1. The molecule has 4 N–H and O–H groups in total. The van der Waals surface area contributed by atoms with Crippen molar-refractivity contribution in [1.29, 1.82) is 5.26 Å². The van der Waals surface area contributed by atoms with Crippen LogP contribution in [0.25, 0.3) is 0 Å². The lowest BCUT2D eigenvalue weighted by molar-refractivity contribution is -0.0514. The van der Waals surface area contributed by atoms with Gasteiger partial charge in [0.05, 0.1) is 6.20 Å². The molecular formula is C25H35N5O3. The van der Waals surface area contributed by atoms with Gasteiger partial charge in [-0.15, -0.1) is 0 Å². The first-order chi connectivity index (χ1) is 15.9. The zero-order valence-corrected chi connectivity index (χ0v) is 19.6. The van der Waals surface area contributed by atoms with E-state index in [0.717, 1.165) is 56.5 Å². The second-order valence-corrected chi connectivity index (χ2v) is 9.00. The zero-order chi connectivity index (χ0) is 23.8. The molecule has 0 atom stereocenters. The summed E-state index contributed by atoms with van der Waals surface area (Å²) in [5.41, 5.74) is 4.68. The van der Waals surface area contributed by atoms with Gasteiger partial charge in [-0.3, -0.25) is 4.79 Å². The first-order valence-electron chi connectivity index (χ1n) is 11.8. The van der Waals surface area contributed by atoms with E-state index in [1.165, 1.54) is 23.8 Å². The highest BCUT2D eigenvalue weighted by Gasteiger charge is 2.22. The Hall–Kier alpha value is -2.73. The average Bonchev–Trinajstić information content (AvgIpc) is 3.31. The van der Waals surface area contributed by atoms with Crippen molar-refractivity contribution in [1.82, 2.24) is 20.2 Å². The number of aliphatic hydroxyl groups is 2. The van der Waals surface area contributed by atoms with E-state index in [9.17, 15) is 4.79 Å². The van der Waals surface area contributed by atoms with E-state index in [-0.39, 0.29) is 17.4 Å². The van der Waals surface area contributed by atoms with Crippen LogP contribution in [-0.4, -0.2) is 56.9 Å². The summed E-state index contributed by atoms with van der Waals surface area (Å²) in [6.07, 6.45) is 11.4. The number of nitrogens with zero attached hydrogens (tertiary/aromatic N) is 3. The van der Waals surface area contributed by atoms with Gasteiger partial charge in [0.25, 0.3) is 5.91 Å². The van der Waals surface area contributed by atoms with Crippen molar-refractivity contribution in [3.8, 4) is 6.07 Å². The van der Waals surface area contributed by atoms with Gasteiger partial charge in [-0.25, -0.2) is 4.98 Å². The van der Waals surface area contributed by atoms with E-state index in [1.54, 1.807) is 0 Å². The molecule has 1 saturated heterocycles. The second-order valence-electron chi connectivity index (χ2n) is 9.00. The summed E-state index contributed by atoms with van der Waals surface area (Å²) in [6, 6.07) is 1.95. The number of likely N-dealkylation sites (tertiary alicyclic amines) is 1. The Morgan fingerprint density at radius 1 is 1.36 bits per heavy atom. The summed E-state index contributed by atoms with van der Waals surface area (Å²) >= 11 is 0.